The zero-order chi connectivity index (χ0) is 12.9. The van der Waals surface area contributed by atoms with Crippen LogP contribution in [0.4, 0.5) is 0 Å². The molecule has 0 bridgehead atoms. The summed E-state index contributed by atoms with van der Waals surface area (Å²) in [5, 5.41) is 0. The van der Waals surface area contributed by atoms with E-state index >= 15 is 0 Å². The molecule has 0 aliphatic heterocycles. The van der Waals surface area contributed by atoms with Crippen molar-refractivity contribution in [3.63, 3.8) is 0 Å². The van der Waals surface area contributed by atoms with Crippen LogP contribution < -0.4 is 5.73 Å². The van der Waals surface area contributed by atoms with Crippen molar-refractivity contribution in [2.75, 3.05) is 27.3 Å². The Morgan fingerprint density at radius 3 is 2.41 bits per heavy atom. The first kappa shape index (κ1) is 14.9. The first-order valence-electron chi connectivity index (χ1n) is 7.03. The zero-order valence-corrected chi connectivity index (χ0v) is 12.0. The highest BCUT2D eigenvalue weighted by atomic mass is 16.5. The van der Waals surface area contributed by atoms with Crippen LogP contribution in [0.25, 0.3) is 0 Å². The average Bonchev–Trinajstić information content (AvgIpc) is 2.30. The molecule has 0 saturated heterocycles. The maximum absolute atomic E-state index is 6.40. The van der Waals surface area contributed by atoms with Crippen molar-refractivity contribution in [2.24, 2.45) is 11.7 Å². The molecule has 0 heterocycles. The van der Waals surface area contributed by atoms with Crippen LogP contribution in [-0.2, 0) is 4.74 Å². The smallest absolute Gasteiger partial charge is 0.0635 e. The number of ether oxygens (including phenoxy) is 1. The van der Waals surface area contributed by atoms with Gasteiger partial charge in [0.2, 0.25) is 0 Å². The van der Waals surface area contributed by atoms with E-state index in [9.17, 15) is 0 Å². The van der Waals surface area contributed by atoms with Gasteiger partial charge in [0.15, 0.2) is 0 Å². The van der Waals surface area contributed by atoms with E-state index in [1.807, 2.05) is 0 Å². The maximum Gasteiger partial charge on any atom is 0.0635 e. The molecule has 1 aliphatic carbocycles. The summed E-state index contributed by atoms with van der Waals surface area (Å²) in [7, 11) is 4.32. The van der Waals surface area contributed by atoms with Crippen molar-refractivity contribution in [3.8, 4) is 0 Å². The average molecular weight is 242 g/mol. The van der Waals surface area contributed by atoms with Crippen LogP contribution in [0.1, 0.15) is 46.0 Å². The number of nitrogens with two attached hydrogens (primary N) is 1. The Morgan fingerprint density at radius 1 is 1.35 bits per heavy atom. The lowest BCUT2D eigenvalue weighted by Gasteiger charge is -2.48. The van der Waals surface area contributed by atoms with Gasteiger partial charge in [-0.2, -0.15) is 0 Å². The van der Waals surface area contributed by atoms with E-state index < -0.39 is 0 Å². The number of likely N-dealkylation sites (N-methyl/N-ethyl adjacent to an activating group) is 1. The molecule has 0 aromatic rings. The first-order valence-corrected chi connectivity index (χ1v) is 7.03. The largest absolute Gasteiger partial charge is 0.380 e. The topological polar surface area (TPSA) is 38.5 Å². The Labute approximate surface area is 107 Å². The normalized spacial score (nSPS) is 31.8. The molecule has 2 N–H and O–H groups in total. The summed E-state index contributed by atoms with van der Waals surface area (Å²) in [6.45, 7) is 6.00. The Hall–Kier alpha value is -0.120. The molecule has 0 radical (unpaired) electrons. The summed E-state index contributed by atoms with van der Waals surface area (Å²) in [4.78, 5) is 2.33. The van der Waals surface area contributed by atoms with E-state index in [1.54, 1.807) is 0 Å². The fraction of sp³-hybridized carbons (Fsp3) is 1.00. The standard InChI is InChI=1S/C14H30N2O/c1-5-10-17-11-13(15)14(16(3)4)8-6-12(2)7-9-14/h12-13H,5-11,15H2,1-4H3. The van der Waals surface area contributed by atoms with Crippen molar-refractivity contribution < 1.29 is 4.74 Å². The van der Waals surface area contributed by atoms with Crippen LogP contribution in [0.3, 0.4) is 0 Å². The molecule has 1 atom stereocenters. The molecule has 1 rings (SSSR count). The van der Waals surface area contributed by atoms with Gasteiger partial charge in [-0.15, -0.1) is 0 Å². The highest BCUT2D eigenvalue weighted by molar-refractivity contribution is 5.00. The summed E-state index contributed by atoms with van der Waals surface area (Å²) in [6, 6.07) is 0.136. The van der Waals surface area contributed by atoms with Crippen molar-refractivity contribution in [1.29, 1.82) is 0 Å². The van der Waals surface area contributed by atoms with E-state index in [1.165, 1.54) is 25.7 Å². The summed E-state index contributed by atoms with van der Waals surface area (Å²) in [5.41, 5.74) is 6.56. The third-order valence-corrected chi connectivity index (χ3v) is 4.37. The quantitative estimate of drug-likeness (QED) is 0.726. The highest BCUT2D eigenvalue weighted by Crippen LogP contribution is 2.37. The minimum Gasteiger partial charge on any atom is -0.380 e. The van der Waals surface area contributed by atoms with Gasteiger partial charge in [-0.25, -0.2) is 0 Å². The van der Waals surface area contributed by atoms with Crippen LogP contribution in [0.15, 0.2) is 0 Å². The lowest BCUT2D eigenvalue weighted by Crippen LogP contribution is -2.60. The molecular weight excluding hydrogens is 212 g/mol. The second kappa shape index (κ2) is 6.72. The second-order valence-corrected chi connectivity index (χ2v) is 5.86. The maximum atomic E-state index is 6.40. The molecule has 1 saturated carbocycles. The molecule has 17 heavy (non-hydrogen) atoms. The van der Waals surface area contributed by atoms with Crippen LogP contribution in [0, 0.1) is 5.92 Å². The van der Waals surface area contributed by atoms with Crippen molar-refractivity contribution in [2.45, 2.75) is 57.5 Å². The van der Waals surface area contributed by atoms with E-state index in [0.717, 1.165) is 18.9 Å². The van der Waals surface area contributed by atoms with Crippen LogP contribution in [0.2, 0.25) is 0 Å². The third kappa shape index (κ3) is 3.67. The Balaban J connectivity index is 2.58. The lowest BCUT2D eigenvalue weighted by atomic mass is 9.72. The molecule has 0 aromatic carbocycles. The zero-order valence-electron chi connectivity index (χ0n) is 12.0. The van der Waals surface area contributed by atoms with Crippen LogP contribution >= 0.6 is 0 Å². The van der Waals surface area contributed by atoms with Crippen molar-refractivity contribution >= 4 is 0 Å². The van der Waals surface area contributed by atoms with Gasteiger partial charge >= 0.3 is 0 Å². The van der Waals surface area contributed by atoms with E-state index in [2.05, 4.69) is 32.8 Å². The predicted molar refractivity (Wildman–Crippen MR) is 73.1 cm³/mol. The van der Waals surface area contributed by atoms with Crippen molar-refractivity contribution in [3.05, 3.63) is 0 Å². The summed E-state index contributed by atoms with van der Waals surface area (Å²) in [6.07, 6.45) is 6.06. The minimum absolute atomic E-state index is 0.136. The predicted octanol–water partition coefficient (Wildman–Crippen LogP) is 2.25. The molecule has 3 heteroatoms. The molecule has 1 fully saturated rings. The van der Waals surface area contributed by atoms with Crippen molar-refractivity contribution in [1.82, 2.24) is 4.90 Å². The minimum atomic E-state index is 0.136. The van der Waals surface area contributed by atoms with E-state index in [-0.39, 0.29) is 11.6 Å². The Bertz CT molecular complexity index is 210. The second-order valence-electron chi connectivity index (χ2n) is 5.86. The van der Waals surface area contributed by atoms with Gasteiger partial charge in [-0.3, -0.25) is 0 Å². The number of hydrogen-bond acceptors (Lipinski definition) is 3. The van der Waals surface area contributed by atoms with Gasteiger partial charge in [-0.05, 0) is 52.1 Å². The van der Waals surface area contributed by atoms with Gasteiger partial charge < -0.3 is 15.4 Å². The van der Waals surface area contributed by atoms with Gasteiger partial charge in [-0.1, -0.05) is 13.8 Å². The Kier molecular flexibility index (Phi) is 5.90. The molecule has 0 spiro atoms. The fourth-order valence-electron chi connectivity index (χ4n) is 2.92. The SMILES string of the molecule is CCCOCC(N)C1(N(C)C)CCC(C)CC1. The summed E-state index contributed by atoms with van der Waals surface area (Å²) < 4.78 is 5.65. The summed E-state index contributed by atoms with van der Waals surface area (Å²) in [5.74, 6) is 0.854. The van der Waals surface area contributed by atoms with E-state index in [4.69, 9.17) is 10.5 Å². The van der Waals surface area contributed by atoms with Gasteiger partial charge in [0, 0.05) is 18.2 Å². The van der Waals surface area contributed by atoms with Crippen LogP contribution in [-0.4, -0.2) is 43.8 Å². The monoisotopic (exact) mass is 242 g/mol. The van der Waals surface area contributed by atoms with E-state index in [0.29, 0.717) is 6.61 Å². The molecule has 0 amide bonds. The molecule has 3 nitrogen and oxygen atoms in total. The van der Waals surface area contributed by atoms with Crippen LogP contribution in [0.5, 0.6) is 0 Å². The molecule has 1 aliphatic rings. The number of nitrogens with zero attached hydrogens (tertiary/aromatic N) is 1. The first-order chi connectivity index (χ1) is 8.03. The number of rotatable bonds is 6. The highest BCUT2D eigenvalue weighted by Gasteiger charge is 2.41. The third-order valence-electron chi connectivity index (χ3n) is 4.37. The fourth-order valence-corrected chi connectivity index (χ4v) is 2.92. The Morgan fingerprint density at radius 2 is 1.94 bits per heavy atom. The lowest BCUT2D eigenvalue weighted by molar-refractivity contribution is 0.0137. The molecule has 102 valence electrons. The van der Waals surface area contributed by atoms with Gasteiger partial charge in [0.25, 0.3) is 0 Å². The molecule has 0 aromatic heterocycles. The van der Waals surface area contributed by atoms with Gasteiger partial charge in [0.05, 0.1) is 6.61 Å². The molecular formula is C14H30N2O. The molecule has 1 unspecified atom stereocenters. The van der Waals surface area contributed by atoms with Gasteiger partial charge in [0.1, 0.15) is 0 Å². The number of hydrogen-bond donors (Lipinski definition) is 1. The summed E-state index contributed by atoms with van der Waals surface area (Å²) >= 11 is 0.